The molecule has 0 atom stereocenters. The summed E-state index contributed by atoms with van der Waals surface area (Å²) in [4.78, 5) is 5.31. The van der Waals surface area contributed by atoms with Gasteiger partial charge in [-0.1, -0.05) is 36.4 Å². The second-order valence-electron chi connectivity index (χ2n) is 8.78. The molecule has 0 radical (unpaired) electrons. The van der Waals surface area contributed by atoms with Crippen LogP contribution in [0.25, 0.3) is 28.2 Å². The SMILES string of the molecule is N#Cc1ccc(S(=O)(=O)c2ccc(-n3c4c(c5ccccc53)C3=Nc5ccccc5C3=C4)cc2)cc1. The monoisotopic (exact) mass is 483 g/mol. The topological polar surface area (TPSA) is 75.2 Å². The molecule has 2 aliphatic rings. The molecule has 0 fully saturated rings. The Morgan fingerprint density at radius 2 is 1.44 bits per heavy atom. The number of hydrogen-bond acceptors (Lipinski definition) is 4. The molecule has 170 valence electrons. The average molecular weight is 484 g/mol. The molecule has 0 amide bonds. The Hall–Kier alpha value is -4.73. The molecule has 5 aromatic rings. The van der Waals surface area contributed by atoms with Crippen molar-refractivity contribution in [2.24, 2.45) is 4.99 Å². The first-order valence-corrected chi connectivity index (χ1v) is 12.9. The van der Waals surface area contributed by atoms with Gasteiger partial charge in [-0.05, 0) is 66.7 Å². The molecule has 1 aromatic heterocycles. The fraction of sp³-hybridized carbons (Fsp3) is 0. The van der Waals surface area contributed by atoms with E-state index in [4.69, 9.17) is 10.3 Å². The van der Waals surface area contributed by atoms with Crippen molar-refractivity contribution in [1.82, 2.24) is 4.57 Å². The number of nitrogens with zero attached hydrogens (tertiary/aromatic N) is 3. The Morgan fingerprint density at radius 3 is 2.19 bits per heavy atom. The molecule has 0 unspecified atom stereocenters. The van der Waals surface area contributed by atoms with E-state index in [1.807, 2.05) is 48.5 Å². The number of benzene rings is 4. The van der Waals surface area contributed by atoms with Gasteiger partial charge in [-0.2, -0.15) is 5.26 Å². The van der Waals surface area contributed by atoms with Gasteiger partial charge in [-0.15, -0.1) is 0 Å². The fourth-order valence-electron chi connectivity index (χ4n) is 5.12. The maximum atomic E-state index is 13.2. The van der Waals surface area contributed by atoms with Gasteiger partial charge in [0.15, 0.2) is 0 Å². The lowest BCUT2D eigenvalue weighted by Gasteiger charge is -2.11. The van der Waals surface area contributed by atoms with Crippen LogP contribution in [-0.2, 0) is 9.84 Å². The molecule has 2 heterocycles. The predicted octanol–water partition coefficient (Wildman–Crippen LogP) is 6.32. The van der Waals surface area contributed by atoms with E-state index in [2.05, 4.69) is 28.8 Å². The van der Waals surface area contributed by atoms with Gasteiger partial charge in [-0.3, -0.25) is 0 Å². The molecule has 0 saturated heterocycles. The first-order valence-electron chi connectivity index (χ1n) is 11.5. The molecule has 1 aliphatic heterocycles. The highest BCUT2D eigenvalue weighted by atomic mass is 32.2. The Morgan fingerprint density at radius 1 is 0.778 bits per heavy atom. The molecule has 0 saturated carbocycles. The van der Waals surface area contributed by atoms with Gasteiger partial charge in [0.05, 0.1) is 44.0 Å². The van der Waals surface area contributed by atoms with Crippen molar-refractivity contribution < 1.29 is 8.42 Å². The van der Waals surface area contributed by atoms with E-state index in [-0.39, 0.29) is 9.79 Å². The zero-order valence-electron chi connectivity index (χ0n) is 18.9. The minimum Gasteiger partial charge on any atom is -0.309 e. The summed E-state index contributed by atoms with van der Waals surface area (Å²) in [5, 5.41) is 10.1. The molecule has 0 spiro atoms. The molecular weight excluding hydrogens is 466 g/mol. The number of nitriles is 1. The highest BCUT2D eigenvalue weighted by Gasteiger charge is 2.33. The van der Waals surface area contributed by atoms with Crippen LogP contribution in [0.1, 0.15) is 22.4 Å². The van der Waals surface area contributed by atoms with Crippen molar-refractivity contribution >= 4 is 43.8 Å². The van der Waals surface area contributed by atoms with Crippen LogP contribution in [0.4, 0.5) is 5.69 Å². The van der Waals surface area contributed by atoms with Crippen molar-refractivity contribution in [2.45, 2.75) is 9.79 Å². The molecular formula is C30H17N3O2S. The molecule has 7 rings (SSSR count). The number of fused-ring (bicyclic) bond motifs is 7. The molecule has 0 bridgehead atoms. The molecule has 1 aliphatic carbocycles. The van der Waals surface area contributed by atoms with Crippen molar-refractivity contribution in [3.63, 3.8) is 0 Å². The average Bonchev–Trinajstić information content (AvgIpc) is 3.56. The van der Waals surface area contributed by atoms with Crippen molar-refractivity contribution in [3.05, 3.63) is 119 Å². The molecule has 0 N–H and O–H groups in total. The van der Waals surface area contributed by atoms with E-state index >= 15 is 0 Å². The Balaban J connectivity index is 1.36. The number of aromatic nitrogens is 1. The number of aliphatic imine (C=N–C) groups is 1. The summed E-state index contributed by atoms with van der Waals surface area (Å²) in [5.74, 6) is 0. The second kappa shape index (κ2) is 7.38. The quantitative estimate of drug-likeness (QED) is 0.301. The Kier molecular flexibility index (Phi) is 4.23. The van der Waals surface area contributed by atoms with Gasteiger partial charge in [0.2, 0.25) is 9.84 Å². The zero-order chi connectivity index (χ0) is 24.4. The summed E-state index contributed by atoms with van der Waals surface area (Å²) in [6.07, 6.45) is 2.18. The minimum atomic E-state index is -3.70. The van der Waals surface area contributed by atoms with Gasteiger partial charge >= 0.3 is 0 Å². The summed E-state index contributed by atoms with van der Waals surface area (Å²) in [6.45, 7) is 0. The van der Waals surface area contributed by atoms with Gasteiger partial charge in [0.25, 0.3) is 0 Å². The number of para-hydroxylation sites is 2. The van der Waals surface area contributed by atoms with Crippen molar-refractivity contribution in [3.8, 4) is 11.8 Å². The first-order chi connectivity index (χ1) is 17.6. The zero-order valence-corrected chi connectivity index (χ0v) is 19.7. The van der Waals surface area contributed by atoms with Crippen molar-refractivity contribution in [1.29, 1.82) is 5.26 Å². The van der Waals surface area contributed by atoms with Crippen LogP contribution in [0.5, 0.6) is 0 Å². The van der Waals surface area contributed by atoms with Crippen molar-refractivity contribution in [2.75, 3.05) is 0 Å². The van der Waals surface area contributed by atoms with Crippen LogP contribution in [0.2, 0.25) is 0 Å². The summed E-state index contributed by atoms with van der Waals surface area (Å²) in [5.41, 5.74) is 8.70. The number of rotatable bonds is 3. The lowest BCUT2D eigenvalue weighted by Crippen LogP contribution is -2.03. The standard InChI is InChI=1S/C30H17N3O2S/c31-18-19-9-13-21(14-10-19)36(34,35)22-15-11-20(12-16-22)33-27-8-4-2-6-24(27)29-28(33)17-25-23-5-1-3-7-26(23)32-30(25)29/h1-17H. The Bertz CT molecular complexity index is 1940. The maximum Gasteiger partial charge on any atom is 0.206 e. The minimum absolute atomic E-state index is 0.163. The lowest BCUT2D eigenvalue weighted by molar-refractivity contribution is 0.596. The molecule has 6 heteroatoms. The highest BCUT2D eigenvalue weighted by molar-refractivity contribution is 7.91. The number of hydrogen-bond donors (Lipinski definition) is 0. The van der Waals surface area contributed by atoms with Crippen LogP contribution in [0.3, 0.4) is 0 Å². The van der Waals surface area contributed by atoms with Crippen LogP contribution >= 0.6 is 0 Å². The van der Waals surface area contributed by atoms with Gasteiger partial charge in [-0.25, -0.2) is 13.4 Å². The van der Waals surface area contributed by atoms with E-state index in [1.165, 1.54) is 24.3 Å². The van der Waals surface area contributed by atoms with Gasteiger partial charge in [0.1, 0.15) is 0 Å². The van der Waals surface area contributed by atoms with Gasteiger partial charge in [0, 0.05) is 27.8 Å². The smallest absolute Gasteiger partial charge is 0.206 e. The summed E-state index contributed by atoms with van der Waals surface area (Å²) >= 11 is 0. The molecule has 36 heavy (non-hydrogen) atoms. The molecule has 5 nitrogen and oxygen atoms in total. The highest BCUT2D eigenvalue weighted by Crippen LogP contribution is 2.46. The number of allylic oxidation sites excluding steroid dienone is 1. The van der Waals surface area contributed by atoms with Crippen LogP contribution in [0.15, 0.2) is 112 Å². The molecule has 4 aromatic carbocycles. The summed E-state index contributed by atoms with van der Waals surface area (Å²) < 4.78 is 28.5. The normalized spacial score (nSPS) is 13.5. The summed E-state index contributed by atoms with van der Waals surface area (Å²) in [7, 11) is -3.70. The van der Waals surface area contributed by atoms with E-state index in [0.717, 1.165) is 50.4 Å². The Labute approximate surface area is 207 Å². The van der Waals surface area contributed by atoms with E-state index < -0.39 is 9.84 Å². The van der Waals surface area contributed by atoms with Crippen LogP contribution in [0, 0.1) is 11.3 Å². The van der Waals surface area contributed by atoms with Crippen LogP contribution in [-0.4, -0.2) is 18.7 Å². The van der Waals surface area contributed by atoms with E-state index in [9.17, 15) is 8.42 Å². The fourth-order valence-corrected chi connectivity index (χ4v) is 6.38. The maximum absolute atomic E-state index is 13.2. The predicted molar refractivity (Wildman–Crippen MR) is 140 cm³/mol. The lowest BCUT2D eigenvalue weighted by atomic mass is 10.0. The van der Waals surface area contributed by atoms with E-state index in [1.54, 1.807) is 12.1 Å². The largest absolute Gasteiger partial charge is 0.309 e. The third-order valence-electron chi connectivity index (χ3n) is 6.81. The third kappa shape index (κ3) is 2.81. The number of sulfone groups is 1. The van der Waals surface area contributed by atoms with Gasteiger partial charge < -0.3 is 4.57 Å². The third-order valence-corrected chi connectivity index (χ3v) is 8.60. The first kappa shape index (κ1) is 20.6. The second-order valence-corrected chi connectivity index (χ2v) is 10.7. The van der Waals surface area contributed by atoms with Crippen LogP contribution < -0.4 is 0 Å². The summed E-state index contributed by atoms with van der Waals surface area (Å²) in [6, 6.07) is 31.3. The van der Waals surface area contributed by atoms with E-state index in [0.29, 0.717) is 5.56 Å².